The summed E-state index contributed by atoms with van der Waals surface area (Å²) in [6.45, 7) is 2.18. The van der Waals surface area contributed by atoms with E-state index in [4.69, 9.17) is 11.6 Å². The monoisotopic (exact) mass is 162 g/mol. The zero-order valence-electron chi connectivity index (χ0n) is 5.56. The third-order valence-corrected chi connectivity index (χ3v) is 1.78. The Kier molecular flexibility index (Phi) is 8.31. The van der Waals surface area contributed by atoms with Crippen molar-refractivity contribution in [2.24, 2.45) is 0 Å². The van der Waals surface area contributed by atoms with Crippen molar-refractivity contribution < 1.29 is 0 Å². The minimum atomic E-state index is 1.17. The van der Waals surface area contributed by atoms with Crippen LogP contribution in [0.5, 0.6) is 0 Å². The summed E-state index contributed by atoms with van der Waals surface area (Å²) in [7, 11) is 0. The molecule has 0 rings (SSSR count). The molecule has 0 aromatic carbocycles. The van der Waals surface area contributed by atoms with Crippen LogP contribution in [0.15, 0.2) is 16.7 Å². The second-order valence-corrected chi connectivity index (χ2v) is 2.81. The predicted octanol–water partition coefficient (Wildman–Crippen LogP) is 3.38. The number of hydrogen-bond donors (Lipinski definition) is 0. The Morgan fingerprint density at radius 2 is 2.44 bits per heavy atom. The fourth-order valence-corrected chi connectivity index (χ4v) is 1.24. The number of unbranched alkanes of at least 4 members (excludes halogenated alkanes) is 1. The summed E-state index contributed by atoms with van der Waals surface area (Å²) in [6, 6.07) is 0. The zero-order chi connectivity index (χ0) is 6.95. The highest BCUT2D eigenvalue weighted by Crippen LogP contribution is 2.04. The molecule has 0 amide bonds. The lowest BCUT2D eigenvalue weighted by molar-refractivity contribution is 0.898. The van der Waals surface area contributed by atoms with E-state index in [9.17, 15) is 0 Å². The summed E-state index contributed by atoms with van der Waals surface area (Å²) >= 11 is 6.98. The fraction of sp³-hybridized carbons (Fsp3) is 0.571. The van der Waals surface area contributed by atoms with Crippen LogP contribution in [0.3, 0.4) is 0 Å². The van der Waals surface area contributed by atoms with Crippen LogP contribution in [0.2, 0.25) is 0 Å². The second kappa shape index (κ2) is 8.16. The molecule has 0 radical (unpaired) electrons. The van der Waals surface area contributed by atoms with Gasteiger partial charge < -0.3 is 0 Å². The molecule has 52 valence electrons. The third-order valence-electron chi connectivity index (χ3n) is 0.830. The van der Waals surface area contributed by atoms with Crippen LogP contribution in [0, 0.1) is 0 Å². The van der Waals surface area contributed by atoms with Gasteiger partial charge in [-0.05, 0) is 12.2 Å². The number of thioether (sulfide) groups is 1. The van der Waals surface area contributed by atoms with Gasteiger partial charge in [-0.3, -0.25) is 0 Å². The molecule has 0 unspecified atom stereocenters. The van der Waals surface area contributed by atoms with Gasteiger partial charge in [0, 0.05) is 10.9 Å². The van der Waals surface area contributed by atoms with Gasteiger partial charge in [0.15, 0.2) is 0 Å². The van der Waals surface area contributed by atoms with Gasteiger partial charge in [0.25, 0.3) is 0 Å². The first-order valence-corrected chi connectivity index (χ1v) is 4.51. The Bertz CT molecular complexity index is 103. The highest BCUT2D eigenvalue weighted by molar-refractivity contribution is 8.02. The van der Waals surface area contributed by atoms with Gasteiger partial charge in [0.1, 0.15) is 0 Å². The molecule has 0 aromatic heterocycles. The zero-order valence-corrected chi connectivity index (χ0v) is 7.13. The topological polar surface area (TPSA) is 0 Å². The van der Waals surface area contributed by atoms with Crippen LogP contribution in [-0.4, -0.2) is 5.75 Å². The number of halogens is 1. The average molecular weight is 163 g/mol. The fourth-order valence-electron chi connectivity index (χ4n) is 0.360. The third kappa shape index (κ3) is 8.16. The van der Waals surface area contributed by atoms with E-state index in [2.05, 4.69) is 12.7 Å². The van der Waals surface area contributed by atoms with Crippen LogP contribution in [0.25, 0.3) is 0 Å². The highest BCUT2D eigenvalue weighted by Gasteiger charge is 1.78. The molecule has 0 aliphatic rings. The molecule has 0 saturated carbocycles. The van der Waals surface area contributed by atoms with E-state index in [1.54, 1.807) is 11.8 Å². The molecule has 9 heavy (non-hydrogen) atoms. The van der Waals surface area contributed by atoms with E-state index in [-0.39, 0.29) is 0 Å². The Morgan fingerprint density at radius 3 is 3.00 bits per heavy atom. The van der Waals surface area contributed by atoms with Gasteiger partial charge in [0.2, 0.25) is 0 Å². The summed E-state index contributed by atoms with van der Waals surface area (Å²) < 4.78 is 0. The first-order valence-electron chi connectivity index (χ1n) is 3.03. The first kappa shape index (κ1) is 9.16. The molecule has 0 N–H and O–H groups in total. The molecule has 0 nitrogen and oxygen atoms in total. The van der Waals surface area contributed by atoms with Gasteiger partial charge in [-0.1, -0.05) is 24.9 Å². The summed E-state index contributed by atoms with van der Waals surface area (Å²) in [5, 5.41) is 1.89. The van der Waals surface area contributed by atoms with E-state index in [1.165, 1.54) is 24.1 Å². The molecule has 2 heteroatoms. The largest absolute Gasteiger partial charge is 0.126 e. The molecule has 0 spiro atoms. The lowest BCUT2D eigenvalue weighted by Gasteiger charge is -1.87. The van der Waals surface area contributed by atoms with Crippen LogP contribution in [0.4, 0.5) is 0 Å². The maximum atomic E-state index is 5.23. The van der Waals surface area contributed by atoms with Gasteiger partial charge in [-0.2, -0.15) is 0 Å². The van der Waals surface area contributed by atoms with Gasteiger partial charge >= 0.3 is 0 Å². The predicted molar refractivity (Wildman–Crippen MR) is 45.9 cm³/mol. The Labute approximate surface area is 66.0 Å². The first-order chi connectivity index (χ1) is 4.41. The molecule has 0 atom stereocenters. The van der Waals surface area contributed by atoms with Crippen molar-refractivity contribution in [3.05, 3.63) is 16.7 Å². The van der Waals surface area contributed by atoms with E-state index >= 15 is 0 Å². The highest BCUT2D eigenvalue weighted by atomic mass is 35.5. The van der Waals surface area contributed by atoms with Crippen LogP contribution in [-0.2, 0) is 0 Å². The van der Waals surface area contributed by atoms with Crippen molar-refractivity contribution in [2.45, 2.75) is 19.8 Å². The van der Waals surface area contributed by atoms with Crippen molar-refractivity contribution in [1.29, 1.82) is 0 Å². The van der Waals surface area contributed by atoms with Gasteiger partial charge in [0.05, 0.1) is 0 Å². The van der Waals surface area contributed by atoms with E-state index in [0.29, 0.717) is 0 Å². The maximum Gasteiger partial charge on any atom is 0.0468 e. The number of hydrogen-bond acceptors (Lipinski definition) is 1. The second-order valence-electron chi connectivity index (χ2n) is 1.62. The van der Waals surface area contributed by atoms with Crippen LogP contribution >= 0.6 is 23.4 Å². The molecule has 0 saturated heterocycles. The lowest BCUT2D eigenvalue weighted by atomic mass is 10.4. The molecule has 0 aromatic rings. The minimum absolute atomic E-state index is 1.17. The minimum Gasteiger partial charge on any atom is -0.126 e. The maximum absolute atomic E-state index is 5.23. The molecular weight excluding hydrogens is 152 g/mol. The summed E-state index contributed by atoms with van der Waals surface area (Å²) in [6.07, 6.45) is 2.52. The van der Waals surface area contributed by atoms with Crippen LogP contribution < -0.4 is 0 Å². The summed E-state index contributed by atoms with van der Waals surface area (Å²) in [5.74, 6) is 1.17. The van der Waals surface area contributed by atoms with Gasteiger partial charge in [-0.25, -0.2) is 0 Å². The van der Waals surface area contributed by atoms with Crippen molar-refractivity contribution in [3.63, 3.8) is 0 Å². The van der Waals surface area contributed by atoms with E-state index in [0.717, 1.165) is 0 Å². The van der Waals surface area contributed by atoms with Crippen molar-refractivity contribution in [1.82, 2.24) is 0 Å². The van der Waals surface area contributed by atoms with Gasteiger partial charge in [-0.15, -0.1) is 17.5 Å². The molecule has 0 aliphatic carbocycles. The SMILES string of the molecule is CCCCSC=C=CCl. The van der Waals surface area contributed by atoms with Crippen molar-refractivity contribution in [2.75, 3.05) is 5.75 Å². The normalized spacial score (nSPS) is 8.22. The number of rotatable bonds is 4. The average Bonchev–Trinajstić information content (AvgIpc) is 1.89. The van der Waals surface area contributed by atoms with Crippen LogP contribution in [0.1, 0.15) is 19.8 Å². The molecule has 0 bridgehead atoms. The molecule has 0 heterocycles. The Balaban J connectivity index is 3.00. The van der Waals surface area contributed by atoms with E-state index < -0.39 is 0 Å². The Morgan fingerprint density at radius 1 is 1.67 bits per heavy atom. The standard InChI is InChI=1S/C7H11ClS/c1-2-3-6-9-7-4-5-8/h5,7H,2-3,6H2,1H3. The summed E-state index contributed by atoms with van der Waals surface area (Å²) in [5.41, 5.74) is 4.19. The van der Waals surface area contributed by atoms with Crippen molar-refractivity contribution >= 4 is 23.4 Å². The quantitative estimate of drug-likeness (QED) is 0.451. The lowest BCUT2D eigenvalue weighted by Crippen LogP contribution is -1.71. The van der Waals surface area contributed by atoms with E-state index in [1.807, 2.05) is 5.41 Å². The summed E-state index contributed by atoms with van der Waals surface area (Å²) in [4.78, 5) is 0. The smallest absolute Gasteiger partial charge is 0.0468 e. The Hall–Kier alpha value is 0.160. The molecular formula is C7H11ClS. The molecule has 0 fully saturated rings. The van der Waals surface area contributed by atoms with Crippen molar-refractivity contribution in [3.8, 4) is 0 Å². The molecule has 0 aliphatic heterocycles.